The van der Waals surface area contributed by atoms with Gasteiger partial charge in [-0.25, -0.2) is 0 Å². The molecular weight excluding hydrogens is 296 g/mol. The van der Waals surface area contributed by atoms with Crippen molar-refractivity contribution in [3.63, 3.8) is 0 Å². The second-order valence-electron chi connectivity index (χ2n) is 11.6. The molecule has 0 saturated heterocycles. The van der Waals surface area contributed by atoms with Crippen LogP contribution in [0.3, 0.4) is 0 Å². The van der Waals surface area contributed by atoms with Crippen molar-refractivity contribution < 1.29 is 9.53 Å². The van der Waals surface area contributed by atoms with Crippen molar-refractivity contribution in [1.82, 2.24) is 0 Å². The molecule has 1 aliphatic rings. The van der Waals surface area contributed by atoms with Crippen molar-refractivity contribution >= 4 is 5.97 Å². The van der Waals surface area contributed by atoms with Gasteiger partial charge < -0.3 is 4.74 Å². The minimum Gasteiger partial charge on any atom is -0.462 e. The molecule has 24 heavy (non-hydrogen) atoms. The summed E-state index contributed by atoms with van der Waals surface area (Å²) in [6.07, 6.45) is 4.25. The van der Waals surface area contributed by atoms with E-state index >= 15 is 0 Å². The van der Waals surface area contributed by atoms with Crippen molar-refractivity contribution in [3.05, 3.63) is 0 Å². The van der Waals surface area contributed by atoms with Crippen LogP contribution in [-0.4, -0.2) is 12.1 Å². The second kappa shape index (κ2) is 7.38. The van der Waals surface area contributed by atoms with Gasteiger partial charge >= 0.3 is 5.97 Å². The quantitative estimate of drug-likeness (QED) is 0.550. The maximum Gasteiger partial charge on any atom is 0.308 e. The highest BCUT2D eigenvalue weighted by Gasteiger charge is 2.41. The Bertz CT molecular complexity index is 395. The van der Waals surface area contributed by atoms with Crippen molar-refractivity contribution in [2.45, 2.75) is 101 Å². The summed E-state index contributed by atoms with van der Waals surface area (Å²) in [6.45, 7) is 22.5. The van der Waals surface area contributed by atoms with Crippen LogP contribution < -0.4 is 0 Å². The van der Waals surface area contributed by atoms with Gasteiger partial charge in [0.1, 0.15) is 6.10 Å². The highest BCUT2D eigenvalue weighted by atomic mass is 16.5. The lowest BCUT2D eigenvalue weighted by molar-refractivity contribution is -0.160. The average molecular weight is 339 g/mol. The van der Waals surface area contributed by atoms with Gasteiger partial charge in [0.05, 0.1) is 5.92 Å². The average Bonchev–Trinajstić information content (AvgIpc) is 2.34. The van der Waals surface area contributed by atoms with Crippen LogP contribution in [0.1, 0.15) is 94.9 Å². The van der Waals surface area contributed by atoms with E-state index < -0.39 is 0 Å². The molecule has 2 heteroatoms. The molecule has 0 aromatic rings. The Labute approximate surface area is 151 Å². The molecule has 0 radical (unpaired) electrons. The van der Waals surface area contributed by atoms with E-state index in [-0.39, 0.29) is 34.2 Å². The summed E-state index contributed by atoms with van der Waals surface area (Å²) in [4.78, 5) is 12.6. The molecule has 0 heterocycles. The van der Waals surface area contributed by atoms with Gasteiger partial charge in [0.15, 0.2) is 0 Å². The molecule has 2 nitrogen and oxygen atoms in total. The zero-order valence-electron chi connectivity index (χ0n) is 18.0. The maximum absolute atomic E-state index is 12.6. The van der Waals surface area contributed by atoms with Crippen molar-refractivity contribution in [1.29, 1.82) is 0 Å². The number of carbonyl (C=O) groups is 1. The van der Waals surface area contributed by atoms with Crippen LogP contribution in [0.4, 0.5) is 0 Å². The lowest BCUT2D eigenvalue weighted by atomic mass is 9.62. The molecule has 0 aliphatic heterocycles. The second-order valence-corrected chi connectivity index (χ2v) is 11.6. The summed E-state index contributed by atoms with van der Waals surface area (Å²) in [7, 11) is 0. The molecule has 0 amide bonds. The van der Waals surface area contributed by atoms with Crippen LogP contribution in [0, 0.1) is 34.0 Å². The smallest absolute Gasteiger partial charge is 0.308 e. The van der Waals surface area contributed by atoms with Gasteiger partial charge in [-0.1, -0.05) is 69.2 Å². The summed E-state index contributed by atoms with van der Waals surface area (Å²) >= 11 is 0. The maximum atomic E-state index is 12.6. The molecular formula is C22H42O2. The van der Waals surface area contributed by atoms with Crippen LogP contribution in [0.15, 0.2) is 0 Å². The Morgan fingerprint density at radius 2 is 1.29 bits per heavy atom. The van der Waals surface area contributed by atoms with Crippen molar-refractivity contribution in [2.75, 3.05) is 0 Å². The first-order valence-electron chi connectivity index (χ1n) is 9.80. The largest absolute Gasteiger partial charge is 0.462 e. The summed E-state index contributed by atoms with van der Waals surface area (Å²) in [5.74, 6) is 1.21. The number of rotatable bonds is 3. The van der Waals surface area contributed by atoms with Crippen LogP contribution in [0.5, 0.6) is 0 Å². The Balaban J connectivity index is 2.80. The minimum atomic E-state index is -0.0203. The molecule has 0 N–H and O–H groups in total. The molecule has 1 fully saturated rings. The standard InChI is InChI=1S/C22H42O2/c1-15(14-20(2,3)4)19(23)24-18-12-16(21(5,6)7)11-17(13-18)22(8,9)10/h15-18H,11-14H2,1-10H3. The zero-order valence-corrected chi connectivity index (χ0v) is 18.0. The lowest BCUT2D eigenvalue weighted by Crippen LogP contribution is -2.40. The van der Waals surface area contributed by atoms with E-state index in [0.29, 0.717) is 11.8 Å². The van der Waals surface area contributed by atoms with Gasteiger partial charge in [-0.05, 0) is 53.8 Å². The Morgan fingerprint density at radius 1 is 0.875 bits per heavy atom. The van der Waals surface area contributed by atoms with E-state index in [0.717, 1.165) is 19.3 Å². The third kappa shape index (κ3) is 6.76. The summed E-state index contributed by atoms with van der Waals surface area (Å²) in [6, 6.07) is 0. The van der Waals surface area contributed by atoms with E-state index in [1.807, 2.05) is 6.92 Å². The molecule has 1 rings (SSSR count). The number of hydrogen-bond acceptors (Lipinski definition) is 2. The number of ether oxygens (including phenoxy) is 1. The Kier molecular flexibility index (Phi) is 6.61. The molecule has 0 bridgehead atoms. The summed E-state index contributed by atoms with van der Waals surface area (Å²) in [5, 5.41) is 0. The summed E-state index contributed by atoms with van der Waals surface area (Å²) < 4.78 is 6.01. The summed E-state index contributed by atoms with van der Waals surface area (Å²) in [5.41, 5.74) is 0.699. The molecule has 3 unspecified atom stereocenters. The van der Waals surface area contributed by atoms with Gasteiger partial charge in [0.2, 0.25) is 0 Å². The van der Waals surface area contributed by atoms with Gasteiger partial charge in [0, 0.05) is 0 Å². The van der Waals surface area contributed by atoms with E-state index in [9.17, 15) is 4.79 Å². The third-order valence-electron chi connectivity index (χ3n) is 5.72. The van der Waals surface area contributed by atoms with Crippen LogP contribution in [0.2, 0.25) is 0 Å². The van der Waals surface area contributed by atoms with E-state index in [4.69, 9.17) is 4.74 Å². The minimum absolute atomic E-state index is 0.00265. The Hall–Kier alpha value is -0.530. The van der Waals surface area contributed by atoms with Crippen LogP contribution >= 0.6 is 0 Å². The molecule has 142 valence electrons. The molecule has 0 aromatic heterocycles. The highest BCUT2D eigenvalue weighted by molar-refractivity contribution is 5.72. The number of esters is 1. The monoisotopic (exact) mass is 338 g/mol. The number of carbonyl (C=O) groups excluding carboxylic acids is 1. The van der Waals surface area contributed by atoms with E-state index in [1.165, 1.54) is 6.42 Å². The molecule has 0 spiro atoms. The Morgan fingerprint density at radius 3 is 1.62 bits per heavy atom. The first kappa shape index (κ1) is 21.5. The fraction of sp³-hybridized carbons (Fsp3) is 0.955. The lowest BCUT2D eigenvalue weighted by Gasteiger charge is -2.45. The van der Waals surface area contributed by atoms with Crippen molar-refractivity contribution in [2.24, 2.45) is 34.0 Å². The normalized spacial score (nSPS) is 27.7. The molecule has 1 saturated carbocycles. The fourth-order valence-corrected chi connectivity index (χ4v) is 4.06. The van der Waals surface area contributed by atoms with Gasteiger partial charge in [-0.3, -0.25) is 4.79 Å². The molecule has 3 atom stereocenters. The van der Waals surface area contributed by atoms with Gasteiger partial charge in [-0.15, -0.1) is 0 Å². The first-order chi connectivity index (χ1) is 10.6. The predicted molar refractivity (Wildman–Crippen MR) is 103 cm³/mol. The molecule has 0 aromatic carbocycles. The highest BCUT2D eigenvalue weighted by Crippen LogP contribution is 2.47. The van der Waals surface area contributed by atoms with E-state index in [1.54, 1.807) is 0 Å². The number of hydrogen-bond donors (Lipinski definition) is 0. The predicted octanol–water partition coefficient (Wildman–Crippen LogP) is 6.48. The zero-order chi connectivity index (χ0) is 18.9. The topological polar surface area (TPSA) is 26.3 Å². The molecule has 1 aliphatic carbocycles. The fourth-order valence-electron chi connectivity index (χ4n) is 4.06. The van der Waals surface area contributed by atoms with Gasteiger partial charge in [0.25, 0.3) is 0 Å². The van der Waals surface area contributed by atoms with Gasteiger partial charge in [-0.2, -0.15) is 0 Å². The van der Waals surface area contributed by atoms with E-state index in [2.05, 4.69) is 62.3 Å². The van der Waals surface area contributed by atoms with Crippen LogP contribution in [0.25, 0.3) is 0 Å². The van der Waals surface area contributed by atoms with Crippen molar-refractivity contribution in [3.8, 4) is 0 Å². The third-order valence-corrected chi connectivity index (χ3v) is 5.72. The first-order valence-corrected chi connectivity index (χ1v) is 9.80. The van der Waals surface area contributed by atoms with Crippen LogP contribution in [-0.2, 0) is 9.53 Å². The SMILES string of the molecule is CC(CC(C)(C)C)C(=O)OC1CC(C(C)(C)C)CC(C(C)(C)C)C1.